The Morgan fingerprint density at radius 3 is 2.35 bits per heavy atom. The van der Waals surface area contributed by atoms with Crippen LogP contribution in [0.5, 0.6) is 5.75 Å². The van der Waals surface area contributed by atoms with Crippen LogP contribution in [0.3, 0.4) is 0 Å². The van der Waals surface area contributed by atoms with Gasteiger partial charge in [-0.05, 0) is 34.1 Å². The third-order valence-corrected chi connectivity index (χ3v) is 9.35. The maximum absolute atomic E-state index is 11.9. The number of hydrogen-bond acceptors (Lipinski definition) is 7. The van der Waals surface area contributed by atoms with Crippen LogP contribution in [0.2, 0.25) is 18.1 Å². The molecule has 26 heavy (non-hydrogen) atoms. The molecule has 7 nitrogen and oxygen atoms in total. The Labute approximate surface area is 163 Å². The van der Waals surface area contributed by atoms with Gasteiger partial charge in [0.05, 0.1) is 31.4 Å². The Hall–Kier alpha value is -1.16. The summed E-state index contributed by atoms with van der Waals surface area (Å²) in [6, 6.07) is 1.33. The van der Waals surface area contributed by atoms with Crippen LogP contribution in [0.4, 0.5) is 0 Å². The summed E-state index contributed by atoms with van der Waals surface area (Å²) in [4.78, 5) is 23.2. The quantitative estimate of drug-likeness (QED) is 0.322. The summed E-state index contributed by atoms with van der Waals surface area (Å²) < 4.78 is 26.5. The predicted molar refractivity (Wildman–Crippen MR) is 103 cm³/mol. The molecule has 1 rings (SSSR count). The molecule has 1 aromatic rings. The van der Waals surface area contributed by atoms with Crippen LogP contribution >= 0.6 is 15.9 Å². The van der Waals surface area contributed by atoms with Crippen molar-refractivity contribution in [2.24, 2.45) is 0 Å². The van der Waals surface area contributed by atoms with Crippen molar-refractivity contribution in [3.05, 3.63) is 26.7 Å². The number of halogens is 1. The van der Waals surface area contributed by atoms with Crippen LogP contribution in [0.25, 0.3) is 0 Å². The molecule has 0 radical (unpaired) electrons. The number of carbonyl (C=O) groups is 1. The lowest BCUT2D eigenvalue weighted by Crippen LogP contribution is -2.41. The molecule has 1 aromatic heterocycles. The van der Waals surface area contributed by atoms with Crippen molar-refractivity contribution in [2.75, 3.05) is 33.5 Å². The molecular weight excluding hydrogens is 424 g/mol. The summed E-state index contributed by atoms with van der Waals surface area (Å²) in [6.45, 7) is 12.4. The molecule has 0 atom stereocenters. The second-order valence-corrected chi connectivity index (χ2v) is 12.8. The monoisotopic (exact) mass is 450 g/mol. The minimum atomic E-state index is -1.77. The molecular formula is C17H27BrO7Si. The number of carbonyl (C=O) groups excluding carboxylic acids is 1. The van der Waals surface area contributed by atoms with E-state index in [9.17, 15) is 9.59 Å². The lowest BCUT2D eigenvalue weighted by Gasteiger charge is -2.36. The van der Waals surface area contributed by atoms with Crippen LogP contribution < -0.4 is 10.4 Å². The standard InChI is InChI=1S/C17H27BrO7Si/c1-17(2,3)26(5,6)24-10-8-22-7-9-23-14-12(18)11-13(15(19)21-4)25-16(14)20/h11H,7-10H2,1-6H3. The first kappa shape index (κ1) is 22.9. The predicted octanol–water partition coefficient (Wildman–Crippen LogP) is 3.61. The van der Waals surface area contributed by atoms with Gasteiger partial charge in [0.25, 0.3) is 0 Å². The largest absolute Gasteiger partial charge is 0.483 e. The van der Waals surface area contributed by atoms with Crippen LogP contribution in [-0.2, 0) is 13.9 Å². The molecule has 0 aliphatic rings. The molecule has 0 saturated carbocycles. The first-order chi connectivity index (χ1) is 12.0. The van der Waals surface area contributed by atoms with Crippen molar-refractivity contribution >= 4 is 30.2 Å². The van der Waals surface area contributed by atoms with Crippen LogP contribution in [0, 0.1) is 0 Å². The molecule has 0 bridgehead atoms. The molecule has 0 amide bonds. The summed E-state index contributed by atoms with van der Waals surface area (Å²) in [5, 5.41) is 0.160. The van der Waals surface area contributed by atoms with Crippen molar-refractivity contribution in [3.8, 4) is 5.75 Å². The van der Waals surface area contributed by atoms with Gasteiger partial charge in [-0.2, -0.15) is 0 Å². The number of methoxy groups -OCH3 is 1. The van der Waals surface area contributed by atoms with Gasteiger partial charge in [-0.3, -0.25) is 0 Å². The van der Waals surface area contributed by atoms with E-state index in [0.717, 1.165) is 0 Å². The number of esters is 1. The van der Waals surface area contributed by atoms with Gasteiger partial charge in [-0.1, -0.05) is 20.8 Å². The second-order valence-electron chi connectivity index (χ2n) is 7.14. The summed E-state index contributed by atoms with van der Waals surface area (Å²) in [5.41, 5.74) is -0.763. The highest BCUT2D eigenvalue weighted by atomic mass is 79.9. The third-order valence-electron chi connectivity index (χ3n) is 4.22. The summed E-state index contributed by atoms with van der Waals surface area (Å²) >= 11 is 3.18. The fraction of sp³-hybridized carbons (Fsp3) is 0.647. The highest BCUT2D eigenvalue weighted by Crippen LogP contribution is 2.36. The Bertz CT molecular complexity index is 664. The zero-order valence-electron chi connectivity index (χ0n) is 16.1. The Morgan fingerprint density at radius 2 is 1.81 bits per heavy atom. The third kappa shape index (κ3) is 6.53. The summed E-state index contributed by atoms with van der Waals surface area (Å²) in [5.74, 6) is -0.950. The fourth-order valence-corrected chi connectivity index (χ4v) is 3.17. The second kappa shape index (κ2) is 9.68. The zero-order valence-corrected chi connectivity index (χ0v) is 18.7. The van der Waals surface area contributed by atoms with E-state index in [1.165, 1.54) is 13.2 Å². The van der Waals surface area contributed by atoms with Gasteiger partial charge in [-0.15, -0.1) is 0 Å². The van der Waals surface area contributed by atoms with E-state index >= 15 is 0 Å². The smallest absolute Gasteiger partial charge is 0.380 e. The summed E-state index contributed by atoms with van der Waals surface area (Å²) in [7, 11) is -0.567. The van der Waals surface area contributed by atoms with E-state index in [1.807, 2.05) is 0 Å². The molecule has 9 heteroatoms. The number of hydrogen-bond donors (Lipinski definition) is 0. The number of ether oxygens (including phenoxy) is 3. The first-order valence-electron chi connectivity index (χ1n) is 8.26. The molecule has 0 aliphatic carbocycles. The lowest BCUT2D eigenvalue weighted by molar-refractivity contribution is 0.0555. The van der Waals surface area contributed by atoms with Crippen LogP contribution in [0.1, 0.15) is 31.3 Å². The lowest BCUT2D eigenvalue weighted by atomic mass is 10.2. The van der Waals surface area contributed by atoms with E-state index in [-0.39, 0.29) is 23.2 Å². The van der Waals surface area contributed by atoms with Gasteiger partial charge in [0.15, 0.2) is 8.32 Å². The minimum Gasteiger partial charge on any atom is -0.483 e. The van der Waals surface area contributed by atoms with Gasteiger partial charge in [0.1, 0.15) is 6.61 Å². The van der Waals surface area contributed by atoms with Crippen molar-refractivity contribution in [3.63, 3.8) is 0 Å². The van der Waals surface area contributed by atoms with Crippen molar-refractivity contribution in [1.29, 1.82) is 0 Å². The van der Waals surface area contributed by atoms with E-state index in [4.69, 9.17) is 18.3 Å². The van der Waals surface area contributed by atoms with Crippen LogP contribution in [-0.4, -0.2) is 47.8 Å². The van der Waals surface area contributed by atoms with E-state index in [0.29, 0.717) is 24.3 Å². The zero-order chi connectivity index (χ0) is 20.0. The van der Waals surface area contributed by atoms with E-state index < -0.39 is 19.9 Å². The maximum atomic E-state index is 11.9. The summed E-state index contributed by atoms with van der Waals surface area (Å²) in [6.07, 6.45) is 0. The first-order valence-corrected chi connectivity index (χ1v) is 12.0. The molecule has 0 aromatic carbocycles. The minimum absolute atomic E-state index is 0.0150. The highest BCUT2D eigenvalue weighted by molar-refractivity contribution is 9.10. The Morgan fingerprint density at radius 1 is 1.19 bits per heavy atom. The molecule has 0 spiro atoms. The van der Waals surface area contributed by atoms with Crippen LogP contribution in [0.15, 0.2) is 19.8 Å². The van der Waals surface area contributed by atoms with E-state index in [1.54, 1.807) is 0 Å². The number of rotatable bonds is 9. The molecule has 0 saturated heterocycles. The van der Waals surface area contributed by atoms with Gasteiger partial charge < -0.3 is 23.1 Å². The van der Waals surface area contributed by atoms with Gasteiger partial charge >= 0.3 is 11.6 Å². The van der Waals surface area contributed by atoms with Gasteiger partial charge in [0.2, 0.25) is 11.5 Å². The van der Waals surface area contributed by atoms with E-state index in [2.05, 4.69) is 54.5 Å². The molecule has 1 heterocycles. The average molecular weight is 451 g/mol. The highest BCUT2D eigenvalue weighted by Gasteiger charge is 2.36. The molecule has 0 unspecified atom stereocenters. The molecule has 0 fully saturated rings. The Kier molecular flexibility index (Phi) is 8.52. The SMILES string of the molecule is COC(=O)c1cc(Br)c(OCCOCCO[Si](C)(C)C(C)(C)C)c(=O)o1. The van der Waals surface area contributed by atoms with Gasteiger partial charge in [-0.25, -0.2) is 9.59 Å². The van der Waals surface area contributed by atoms with Gasteiger partial charge in [0, 0.05) is 6.07 Å². The topological polar surface area (TPSA) is 84.2 Å². The van der Waals surface area contributed by atoms with Crippen molar-refractivity contribution < 1.29 is 27.8 Å². The maximum Gasteiger partial charge on any atom is 0.380 e. The normalized spacial score (nSPS) is 12.1. The molecule has 148 valence electrons. The van der Waals surface area contributed by atoms with Crippen molar-refractivity contribution in [1.82, 2.24) is 0 Å². The molecule has 0 N–H and O–H groups in total. The molecule has 0 aliphatic heterocycles. The fourth-order valence-electron chi connectivity index (χ4n) is 1.66. The average Bonchev–Trinajstić information content (AvgIpc) is 2.53. The Balaban J connectivity index is 2.39. The van der Waals surface area contributed by atoms with Crippen molar-refractivity contribution in [2.45, 2.75) is 38.9 Å².